The lowest BCUT2D eigenvalue weighted by atomic mass is 10.0. The molecule has 0 unspecified atom stereocenters. The number of carboxylic acids is 2. The van der Waals surface area contributed by atoms with Gasteiger partial charge in [-0.2, -0.15) is 0 Å². The zero-order valence-corrected chi connectivity index (χ0v) is 42.6. The molecule has 0 saturated carbocycles. The van der Waals surface area contributed by atoms with E-state index in [1.807, 2.05) is 0 Å². The van der Waals surface area contributed by atoms with Crippen LogP contribution in [0.4, 0.5) is 0 Å². The van der Waals surface area contributed by atoms with E-state index in [-0.39, 0.29) is 25.2 Å². The predicted molar refractivity (Wildman–Crippen MR) is 270 cm³/mol. The van der Waals surface area contributed by atoms with Crippen molar-refractivity contribution >= 4 is 35.6 Å². The molecule has 6 N–H and O–H groups in total. The van der Waals surface area contributed by atoms with Crippen LogP contribution in [0.5, 0.6) is 0 Å². The topological polar surface area (TPSA) is 191 Å². The van der Waals surface area contributed by atoms with Gasteiger partial charge >= 0.3 is 11.9 Å². The van der Waals surface area contributed by atoms with Crippen LogP contribution in [-0.2, 0) is 28.8 Å². The Bertz CT molecular complexity index is 1200. The quantitative estimate of drug-likeness (QED) is 0.0325. The minimum Gasteiger partial charge on any atom is -0.481 e. The number of carbonyl (C=O) groups is 6. The molecule has 0 aliphatic carbocycles. The van der Waals surface area contributed by atoms with Crippen molar-refractivity contribution in [3.63, 3.8) is 0 Å². The van der Waals surface area contributed by atoms with Gasteiger partial charge < -0.3 is 31.5 Å². The van der Waals surface area contributed by atoms with Crippen molar-refractivity contribution < 1.29 is 39.0 Å². The fourth-order valence-electron chi connectivity index (χ4n) is 8.55. The van der Waals surface area contributed by atoms with Gasteiger partial charge in [-0.25, -0.2) is 4.79 Å². The average molecular weight is 935 g/mol. The number of hydrogen-bond acceptors (Lipinski definition) is 6. The molecule has 4 amide bonds. The molecule has 66 heavy (non-hydrogen) atoms. The molecule has 0 bridgehead atoms. The Hall–Kier alpha value is -3.18. The van der Waals surface area contributed by atoms with Crippen molar-refractivity contribution in [2.45, 2.75) is 296 Å². The first kappa shape index (κ1) is 62.8. The molecule has 2 atom stereocenters. The Labute approximate surface area is 403 Å². The third-order valence-corrected chi connectivity index (χ3v) is 12.8. The number of rotatable bonds is 51. The third kappa shape index (κ3) is 44.6. The first-order valence-corrected chi connectivity index (χ1v) is 27.7. The molecule has 386 valence electrons. The van der Waals surface area contributed by atoms with Gasteiger partial charge in [-0.05, 0) is 25.7 Å². The molecule has 0 aliphatic rings. The maximum Gasteiger partial charge on any atom is 0.326 e. The second kappa shape index (κ2) is 48.3. The van der Waals surface area contributed by atoms with Crippen molar-refractivity contribution in [1.29, 1.82) is 0 Å². The lowest BCUT2D eigenvalue weighted by molar-refractivity contribution is -0.144. The van der Waals surface area contributed by atoms with Crippen LogP contribution >= 0.6 is 0 Å². The first-order valence-electron chi connectivity index (χ1n) is 27.7. The van der Waals surface area contributed by atoms with Crippen LogP contribution in [-0.4, -0.2) is 71.0 Å². The number of carbonyl (C=O) groups excluding carboxylic acids is 4. The molecule has 12 heteroatoms. The number of aliphatic carboxylic acids is 2. The molecule has 0 aromatic heterocycles. The van der Waals surface area contributed by atoms with Crippen molar-refractivity contribution in [3.8, 4) is 0 Å². The second-order valence-electron chi connectivity index (χ2n) is 19.2. The van der Waals surface area contributed by atoms with E-state index >= 15 is 0 Å². The van der Waals surface area contributed by atoms with Crippen LogP contribution < -0.4 is 21.3 Å². The van der Waals surface area contributed by atoms with Crippen molar-refractivity contribution in [1.82, 2.24) is 21.3 Å². The van der Waals surface area contributed by atoms with Crippen molar-refractivity contribution in [2.24, 2.45) is 0 Å². The number of carboxylic acid groups (broad SMARTS) is 2. The molecule has 0 rings (SSSR count). The Morgan fingerprint density at radius 2 is 0.636 bits per heavy atom. The summed E-state index contributed by atoms with van der Waals surface area (Å²) in [4.78, 5) is 74.9. The maximum atomic E-state index is 13.4. The SMILES string of the molecule is CCCCCCCCCCCCCCCCNC(=O)C[C@H](NC(=O)C[C@H](NC(=O)CCCCCCCCCCCCC(=O)O)C(=O)O)C(=O)NCCCCCCCCCCCCCCCC. The van der Waals surface area contributed by atoms with E-state index in [0.717, 1.165) is 96.3 Å². The summed E-state index contributed by atoms with van der Waals surface area (Å²) in [6, 6.07) is -2.62. The highest BCUT2D eigenvalue weighted by atomic mass is 16.4. The summed E-state index contributed by atoms with van der Waals surface area (Å²) in [5.41, 5.74) is 0. The van der Waals surface area contributed by atoms with E-state index < -0.39 is 48.2 Å². The summed E-state index contributed by atoms with van der Waals surface area (Å²) in [6.07, 6.45) is 43.6. The van der Waals surface area contributed by atoms with E-state index in [9.17, 15) is 33.9 Å². The Morgan fingerprint density at radius 1 is 0.333 bits per heavy atom. The van der Waals surface area contributed by atoms with Gasteiger partial charge in [-0.3, -0.25) is 24.0 Å². The number of nitrogens with one attached hydrogen (secondary N) is 4. The summed E-state index contributed by atoms with van der Waals surface area (Å²) in [6.45, 7) is 5.41. The fourth-order valence-corrected chi connectivity index (χ4v) is 8.55. The standard InChI is InChI=1S/C54H102N4O8/c1-3-5-7-9-11-13-15-17-19-23-27-31-35-39-43-55-50(60)45-47(53(64)56-44-40-36-32-28-24-20-18-16-14-12-10-8-6-4-2)57-51(61)46-48(54(65)66)58-49(59)41-37-33-29-25-21-22-26-30-34-38-42-52(62)63/h47-48H,3-46H2,1-2H3,(H,55,60)(H,56,64)(H,57,61)(H,58,59)(H,62,63)(H,65,66)/t47-,48-/m0/s1. The van der Waals surface area contributed by atoms with Gasteiger partial charge in [-0.15, -0.1) is 0 Å². The number of unbranched alkanes of at least 4 members (excludes halogenated alkanes) is 35. The molecular weight excluding hydrogens is 833 g/mol. The van der Waals surface area contributed by atoms with E-state index in [4.69, 9.17) is 5.11 Å². The minimum absolute atomic E-state index is 0.152. The first-order chi connectivity index (χ1) is 32.1. The maximum absolute atomic E-state index is 13.4. The van der Waals surface area contributed by atoms with Crippen LogP contribution in [0, 0.1) is 0 Å². The monoisotopic (exact) mass is 935 g/mol. The van der Waals surface area contributed by atoms with E-state index in [1.165, 1.54) is 141 Å². The highest BCUT2D eigenvalue weighted by molar-refractivity contribution is 5.94. The van der Waals surface area contributed by atoms with E-state index in [1.54, 1.807) is 0 Å². The van der Waals surface area contributed by atoms with Crippen LogP contribution in [0.3, 0.4) is 0 Å². The smallest absolute Gasteiger partial charge is 0.326 e. The number of amides is 4. The summed E-state index contributed by atoms with van der Waals surface area (Å²) >= 11 is 0. The van der Waals surface area contributed by atoms with Gasteiger partial charge in [-0.1, -0.05) is 232 Å². The molecule has 0 aliphatic heterocycles. The minimum atomic E-state index is -1.46. The van der Waals surface area contributed by atoms with Gasteiger partial charge in [0.2, 0.25) is 23.6 Å². The third-order valence-electron chi connectivity index (χ3n) is 12.8. The molecule has 0 radical (unpaired) electrons. The summed E-state index contributed by atoms with van der Waals surface area (Å²) in [5.74, 6) is -4.08. The van der Waals surface area contributed by atoms with Gasteiger partial charge in [0, 0.05) is 25.9 Å². The molecule has 0 spiro atoms. The van der Waals surface area contributed by atoms with Gasteiger partial charge in [0.05, 0.1) is 12.8 Å². The van der Waals surface area contributed by atoms with Crippen molar-refractivity contribution in [3.05, 3.63) is 0 Å². The van der Waals surface area contributed by atoms with E-state index in [0.29, 0.717) is 19.5 Å². The lowest BCUT2D eigenvalue weighted by Gasteiger charge is -2.20. The molecule has 0 heterocycles. The van der Waals surface area contributed by atoms with Gasteiger partial charge in [0.25, 0.3) is 0 Å². The van der Waals surface area contributed by atoms with Crippen LogP contribution in [0.25, 0.3) is 0 Å². The van der Waals surface area contributed by atoms with E-state index in [2.05, 4.69) is 35.1 Å². The van der Waals surface area contributed by atoms with Gasteiger partial charge in [0.1, 0.15) is 12.1 Å². The van der Waals surface area contributed by atoms with Crippen molar-refractivity contribution in [2.75, 3.05) is 13.1 Å². The zero-order valence-electron chi connectivity index (χ0n) is 42.6. The zero-order chi connectivity index (χ0) is 48.6. The average Bonchev–Trinajstić information content (AvgIpc) is 3.28. The fraction of sp³-hybridized carbons (Fsp3) is 0.889. The highest BCUT2D eigenvalue weighted by Crippen LogP contribution is 2.16. The largest absolute Gasteiger partial charge is 0.481 e. The van der Waals surface area contributed by atoms with Gasteiger partial charge in [0.15, 0.2) is 0 Å². The van der Waals surface area contributed by atoms with Crippen LogP contribution in [0.1, 0.15) is 284 Å². The second-order valence-corrected chi connectivity index (χ2v) is 19.2. The highest BCUT2D eigenvalue weighted by Gasteiger charge is 2.28. The molecular formula is C54H102N4O8. The predicted octanol–water partition coefficient (Wildman–Crippen LogP) is 12.8. The Kier molecular flexibility index (Phi) is 46.0. The summed E-state index contributed by atoms with van der Waals surface area (Å²) < 4.78 is 0. The molecule has 12 nitrogen and oxygen atoms in total. The number of hydrogen-bond donors (Lipinski definition) is 6. The Morgan fingerprint density at radius 3 is 1.00 bits per heavy atom. The summed E-state index contributed by atoms with van der Waals surface area (Å²) in [7, 11) is 0. The summed E-state index contributed by atoms with van der Waals surface area (Å²) in [5, 5.41) is 29.4. The molecule has 0 saturated heterocycles. The van der Waals surface area contributed by atoms with Crippen LogP contribution in [0.2, 0.25) is 0 Å². The normalized spacial score (nSPS) is 12.1. The molecule has 0 aromatic carbocycles. The lowest BCUT2D eigenvalue weighted by Crippen LogP contribution is -2.51. The van der Waals surface area contributed by atoms with Crippen LogP contribution in [0.15, 0.2) is 0 Å². The molecule has 0 aromatic rings. The Balaban J connectivity index is 4.73. The molecule has 0 fully saturated rings.